The van der Waals surface area contributed by atoms with E-state index < -0.39 is 11.7 Å². The predicted molar refractivity (Wildman–Crippen MR) is 129 cm³/mol. The van der Waals surface area contributed by atoms with Crippen LogP contribution in [-0.2, 0) is 11.0 Å². The van der Waals surface area contributed by atoms with E-state index in [4.69, 9.17) is 0 Å². The molecule has 2 heterocycles. The molecule has 1 aromatic carbocycles. The number of benzene rings is 1. The summed E-state index contributed by atoms with van der Waals surface area (Å²) in [6.07, 6.45) is -1.08. The number of nitrogens with one attached hydrogen (secondary N) is 3. The first-order valence-electron chi connectivity index (χ1n) is 11.7. The molecule has 3 N–H and O–H groups in total. The third-order valence-electron chi connectivity index (χ3n) is 6.29. The van der Waals surface area contributed by atoms with Crippen LogP contribution >= 0.6 is 0 Å². The van der Waals surface area contributed by atoms with Crippen molar-refractivity contribution in [3.8, 4) is 11.4 Å². The van der Waals surface area contributed by atoms with Crippen molar-refractivity contribution in [1.29, 1.82) is 0 Å². The predicted octanol–water partition coefficient (Wildman–Crippen LogP) is 4.99. The number of aromatic nitrogens is 2. The SMILES string of the molecule is CC(=O)NC1CCCCC1c1cc(NC2=C(C)CN=C(C)N2)nc(-c2ccccc2C(F)(F)F)n1. The number of rotatable bonds is 5. The first kappa shape index (κ1) is 24.7. The normalized spacial score (nSPS) is 20.7. The Kier molecular flexibility index (Phi) is 7.09. The third-order valence-corrected chi connectivity index (χ3v) is 6.29. The zero-order valence-electron chi connectivity index (χ0n) is 20.0. The average Bonchev–Trinajstić information content (AvgIpc) is 2.81. The van der Waals surface area contributed by atoms with Gasteiger partial charge in [-0.25, -0.2) is 9.97 Å². The second kappa shape index (κ2) is 10.1. The number of aliphatic imine (C=N–C) groups is 1. The molecule has 7 nitrogen and oxygen atoms in total. The van der Waals surface area contributed by atoms with Crippen molar-refractivity contribution >= 4 is 17.6 Å². The highest BCUT2D eigenvalue weighted by Gasteiger charge is 2.35. The van der Waals surface area contributed by atoms with Crippen molar-refractivity contribution in [2.75, 3.05) is 11.9 Å². The molecular weight excluding hydrogens is 457 g/mol. The molecule has 35 heavy (non-hydrogen) atoms. The van der Waals surface area contributed by atoms with Crippen molar-refractivity contribution in [2.24, 2.45) is 4.99 Å². The summed E-state index contributed by atoms with van der Waals surface area (Å²) in [6, 6.07) is 6.95. The number of halogens is 3. The molecule has 2 atom stereocenters. The number of nitrogens with zero attached hydrogens (tertiary/aromatic N) is 3. The zero-order valence-corrected chi connectivity index (χ0v) is 20.0. The van der Waals surface area contributed by atoms with Crippen LogP contribution in [0, 0.1) is 0 Å². The molecule has 10 heteroatoms. The highest BCUT2D eigenvalue weighted by molar-refractivity contribution is 5.83. The van der Waals surface area contributed by atoms with E-state index in [9.17, 15) is 18.0 Å². The molecule has 0 radical (unpaired) electrons. The van der Waals surface area contributed by atoms with Gasteiger partial charge in [-0.05, 0) is 38.3 Å². The number of carbonyl (C=O) groups excluding carboxylic acids is 1. The van der Waals surface area contributed by atoms with E-state index in [0.29, 0.717) is 23.9 Å². The smallest absolute Gasteiger partial charge is 0.353 e. The van der Waals surface area contributed by atoms with Crippen molar-refractivity contribution in [1.82, 2.24) is 20.6 Å². The molecule has 186 valence electrons. The third kappa shape index (κ3) is 5.80. The number of hydrogen-bond donors (Lipinski definition) is 3. The van der Waals surface area contributed by atoms with Gasteiger partial charge >= 0.3 is 6.18 Å². The Bertz CT molecular complexity index is 1170. The van der Waals surface area contributed by atoms with Crippen LogP contribution in [0.4, 0.5) is 19.0 Å². The first-order valence-corrected chi connectivity index (χ1v) is 11.7. The van der Waals surface area contributed by atoms with E-state index in [1.165, 1.54) is 19.1 Å². The van der Waals surface area contributed by atoms with Crippen LogP contribution in [0.25, 0.3) is 11.4 Å². The molecule has 0 saturated heterocycles. The van der Waals surface area contributed by atoms with Crippen LogP contribution in [0.3, 0.4) is 0 Å². The number of amides is 1. The van der Waals surface area contributed by atoms with Gasteiger partial charge in [0.15, 0.2) is 5.82 Å². The Morgan fingerprint density at radius 2 is 1.86 bits per heavy atom. The van der Waals surface area contributed by atoms with Gasteiger partial charge in [-0.15, -0.1) is 0 Å². The van der Waals surface area contributed by atoms with Crippen LogP contribution < -0.4 is 16.0 Å². The van der Waals surface area contributed by atoms with Crippen LogP contribution in [0.1, 0.15) is 63.6 Å². The van der Waals surface area contributed by atoms with Gasteiger partial charge in [0.25, 0.3) is 0 Å². The van der Waals surface area contributed by atoms with E-state index in [-0.39, 0.29) is 29.3 Å². The summed E-state index contributed by atoms with van der Waals surface area (Å²) in [5.41, 5.74) is 0.672. The summed E-state index contributed by atoms with van der Waals surface area (Å²) < 4.78 is 41.4. The van der Waals surface area contributed by atoms with Gasteiger partial charge in [-0.2, -0.15) is 13.2 Å². The summed E-state index contributed by atoms with van der Waals surface area (Å²) in [4.78, 5) is 25.3. The van der Waals surface area contributed by atoms with Crippen molar-refractivity contribution < 1.29 is 18.0 Å². The quantitative estimate of drug-likeness (QED) is 0.554. The second-order valence-electron chi connectivity index (χ2n) is 9.05. The largest absolute Gasteiger partial charge is 0.417 e. The lowest BCUT2D eigenvalue weighted by Crippen LogP contribution is -2.40. The van der Waals surface area contributed by atoms with E-state index in [1.807, 2.05) is 13.8 Å². The van der Waals surface area contributed by atoms with Crippen molar-refractivity contribution in [2.45, 2.75) is 64.6 Å². The Balaban J connectivity index is 1.81. The summed E-state index contributed by atoms with van der Waals surface area (Å²) in [5, 5.41) is 9.40. The maximum Gasteiger partial charge on any atom is 0.417 e. The van der Waals surface area contributed by atoms with Crippen LogP contribution in [0.2, 0.25) is 0 Å². The van der Waals surface area contributed by atoms with E-state index in [2.05, 4.69) is 30.9 Å². The van der Waals surface area contributed by atoms with Crippen molar-refractivity contribution in [3.05, 3.63) is 53.0 Å². The Morgan fingerprint density at radius 1 is 1.11 bits per heavy atom. The number of alkyl halides is 3. The average molecular weight is 487 g/mol. The Labute approximate surface area is 202 Å². The van der Waals surface area contributed by atoms with Gasteiger partial charge in [0.1, 0.15) is 11.6 Å². The Morgan fingerprint density at radius 3 is 2.60 bits per heavy atom. The number of anilines is 1. The molecule has 0 bridgehead atoms. The van der Waals surface area contributed by atoms with Gasteiger partial charge < -0.3 is 16.0 Å². The fourth-order valence-corrected chi connectivity index (χ4v) is 4.59. The molecule has 1 amide bonds. The molecule has 2 unspecified atom stereocenters. The molecule has 1 aliphatic carbocycles. The highest BCUT2D eigenvalue weighted by Crippen LogP contribution is 2.38. The van der Waals surface area contributed by atoms with Gasteiger partial charge in [0.2, 0.25) is 5.91 Å². The fraction of sp³-hybridized carbons (Fsp3) is 0.440. The van der Waals surface area contributed by atoms with E-state index >= 15 is 0 Å². The standard InChI is InChI=1S/C25H29F3N6O/c1-14-13-29-15(2)30-23(14)33-22-12-21(18-9-5-7-11-20(18)31-16(3)35)32-24(34-22)17-8-4-6-10-19(17)25(26,27)28/h4,6,8,10,12,18,20H,5,7,9,11,13H2,1-3H3,(H,29,30)(H,31,35)(H,32,33,34). The lowest BCUT2D eigenvalue weighted by atomic mass is 9.82. The summed E-state index contributed by atoms with van der Waals surface area (Å²) in [6.45, 7) is 5.74. The lowest BCUT2D eigenvalue weighted by Gasteiger charge is -2.32. The summed E-state index contributed by atoms with van der Waals surface area (Å²) in [5.74, 6) is 1.52. The van der Waals surface area contributed by atoms with Crippen LogP contribution in [0.5, 0.6) is 0 Å². The van der Waals surface area contributed by atoms with Gasteiger partial charge in [-0.3, -0.25) is 9.79 Å². The summed E-state index contributed by atoms with van der Waals surface area (Å²) >= 11 is 0. The molecule has 4 rings (SSSR count). The highest BCUT2D eigenvalue weighted by atomic mass is 19.4. The molecule has 0 spiro atoms. The number of amidine groups is 1. The monoisotopic (exact) mass is 486 g/mol. The molecule has 1 aliphatic heterocycles. The first-order chi connectivity index (χ1) is 16.6. The minimum atomic E-state index is -4.55. The van der Waals surface area contributed by atoms with Gasteiger partial charge in [-0.1, -0.05) is 31.0 Å². The van der Waals surface area contributed by atoms with Crippen molar-refractivity contribution in [3.63, 3.8) is 0 Å². The molecule has 2 aliphatic rings. The Hall–Kier alpha value is -3.43. The molecule has 1 saturated carbocycles. The lowest BCUT2D eigenvalue weighted by molar-refractivity contribution is -0.137. The van der Waals surface area contributed by atoms with E-state index in [1.54, 1.807) is 12.1 Å². The molecule has 2 aromatic rings. The minimum absolute atomic E-state index is 0.00970. The topological polar surface area (TPSA) is 91.3 Å². The summed E-state index contributed by atoms with van der Waals surface area (Å²) in [7, 11) is 0. The minimum Gasteiger partial charge on any atom is -0.353 e. The van der Waals surface area contributed by atoms with Crippen LogP contribution in [-0.4, -0.2) is 34.3 Å². The maximum absolute atomic E-state index is 13.8. The van der Waals surface area contributed by atoms with Crippen LogP contribution in [0.15, 0.2) is 46.7 Å². The van der Waals surface area contributed by atoms with Gasteiger partial charge in [0, 0.05) is 30.5 Å². The maximum atomic E-state index is 13.8. The fourth-order valence-electron chi connectivity index (χ4n) is 4.59. The number of hydrogen-bond acceptors (Lipinski definition) is 6. The zero-order chi connectivity index (χ0) is 25.2. The van der Waals surface area contributed by atoms with E-state index in [0.717, 1.165) is 43.2 Å². The molecule has 1 fully saturated rings. The van der Waals surface area contributed by atoms with Gasteiger partial charge in [0.05, 0.1) is 23.6 Å². The number of carbonyl (C=O) groups is 1. The molecular formula is C25H29F3N6O. The molecule has 1 aromatic heterocycles. The second-order valence-corrected chi connectivity index (χ2v) is 9.05.